The molecule has 1 saturated heterocycles. The third kappa shape index (κ3) is 3.43. The van der Waals surface area contributed by atoms with Crippen molar-refractivity contribution in [3.8, 4) is 0 Å². The second kappa shape index (κ2) is 7.21. The quantitative estimate of drug-likeness (QED) is 0.875. The zero-order valence-corrected chi connectivity index (χ0v) is 14.2. The molecule has 0 radical (unpaired) electrons. The van der Waals surface area contributed by atoms with Crippen LogP contribution < -0.4 is 5.32 Å². The third-order valence-electron chi connectivity index (χ3n) is 4.66. The molecule has 1 aliphatic heterocycles. The number of hydrogen-bond acceptors (Lipinski definition) is 5. The Morgan fingerprint density at radius 2 is 2.12 bits per heavy atom. The van der Waals surface area contributed by atoms with Crippen LogP contribution in [0.5, 0.6) is 0 Å². The molecule has 0 bridgehead atoms. The molecular formula is C19H20N4O3. The van der Waals surface area contributed by atoms with Gasteiger partial charge in [0.25, 0.3) is 5.91 Å². The first kappa shape index (κ1) is 16.7. The third-order valence-corrected chi connectivity index (χ3v) is 4.66. The first-order chi connectivity index (χ1) is 12.7. The summed E-state index contributed by atoms with van der Waals surface area (Å²) in [7, 11) is 0. The predicted molar refractivity (Wildman–Crippen MR) is 92.7 cm³/mol. The lowest BCUT2D eigenvalue weighted by atomic mass is 9.98. The average molecular weight is 352 g/mol. The highest BCUT2D eigenvalue weighted by molar-refractivity contribution is 5.86. The van der Waals surface area contributed by atoms with Crippen LogP contribution in [0.15, 0.2) is 48.9 Å². The Bertz CT molecular complexity index is 780. The molecule has 2 aliphatic rings. The summed E-state index contributed by atoms with van der Waals surface area (Å²) >= 11 is 0. The first-order valence-corrected chi connectivity index (χ1v) is 8.74. The highest BCUT2D eigenvalue weighted by Gasteiger charge is 2.47. The van der Waals surface area contributed by atoms with Crippen LogP contribution in [0.2, 0.25) is 0 Å². The summed E-state index contributed by atoms with van der Waals surface area (Å²) in [6.07, 6.45) is 6.22. The van der Waals surface area contributed by atoms with Gasteiger partial charge in [-0.05, 0) is 36.6 Å². The van der Waals surface area contributed by atoms with E-state index in [2.05, 4.69) is 15.3 Å². The summed E-state index contributed by atoms with van der Waals surface area (Å²) in [4.78, 5) is 35.4. The number of carbonyl (C=O) groups is 2. The van der Waals surface area contributed by atoms with Crippen molar-refractivity contribution in [1.82, 2.24) is 20.2 Å². The first-order valence-electron chi connectivity index (χ1n) is 8.74. The Balaban J connectivity index is 1.56. The topological polar surface area (TPSA) is 84.4 Å². The van der Waals surface area contributed by atoms with Crippen LogP contribution in [-0.2, 0) is 20.9 Å². The molecule has 2 aromatic heterocycles. The molecule has 4 rings (SSSR count). The molecule has 0 unspecified atom stereocenters. The fraction of sp³-hybridized carbons (Fsp3) is 0.368. The van der Waals surface area contributed by atoms with Gasteiger partial charge >= 0.3 is 0 Å². The fourth-order valence-corrected chi connectivity index (χ4v) is 3.30. The molecular weight excluding hydrogens is 332 g/mol. The number of pyridine rings is 2. The molecule has 134 valence electrons. The number of amides is 2. The van der Waals surface area contributed by atoms with Crippen LogP contribution in [0.4, 0.5) is 0 Å². The molecule has 1 aliphatic carbocycles. The van der Waals surface area contributed by atoms with Gasteiger partial charge in [-0.25, -0.2) is 0 Å². The lowest BCUT2D eigenvalue weighted by Gasteiger charge is -2.40. The van der Waals surface area contributed by atoms with Crippen molar-refractivity contribution < 1.29 is 14.3 Å². The number of rotatable bonds is 5. The van der Waals surface area contributed by atoms with Crippen molar-refractivity contribution in [1.29, 1.82) is 0 Å². The van der Waals surface area contributed by atoms with E-state index < -0.39 is 12.1 Å². The Morgan fingerprint density at radius 1 is 1.23 bits per heavy atom. The van der Waals surface area contributed by atoms with Crippen molar-refractivity contribution in [2.24, 2.45) is 0 Å². The Morgan fingerprint density at radius 3 is 2.81 bits per heavy atom. The second-order valence-corrected chi connectivity index (χ2v) is 6.53. The number of nitrogens with one attached hydrogen (secondary N) is 1. The van der Waals surface area contributed by atoms with E-state index in [1.165, 1.54) is 0 Å². The lowest BCUT2D eigenvalue weighted by molar-refractivity contribution is -0.165. The van der Waals surface area contributed by atoms with Gasteiger partial charge in [0.2, 0.25) is 5.91 Å². The maximum Gasteiger partial charge on any atom is 0.252 e. The Labute approximate surface area is 151 Å². The van der Waals surface area contributed by atoms with E-state index in [9.17, 15) is 9.59 Å². The second-order valence-electron chi connectivity index (χ2n) is 6.53. The van der Waals surface area contributed by atoms with Crippen LogP contribution in [-0.4, -0.2) is 45.4 Å². The van der Waals surface area contributed by atoms with Crippen molar-refractivity contribution >= 4 is 11.8 Å². The number of ether oxygens (including phenoxy) is 1. The molecule has 26 heavy (non-hydrogen) atoms. The van der Waals surface area contributed by atoms with Gasteiger partial charge in [0.05, 0.1) is 18.3 Å². The van der Waals surface area contributed by atoms with Gasteiger partial charge in [-0.1, -0.05) is 12.1 Å². The number of hydrogen-bond donors (Lipinski definition) is 1. The van der Waals surface area contributed by atoms with E-state index in [1.807, 2.05) is 35.2 Å². The Kier molecular flexibility index (Phi) is 4.62. The maximum atomic E-state index is 12.8. The minimum Gasteiger partial charge on any atom is -0.356 e. The number of nitrogens with zero attached hydrogens (tertiary/aromatic N) is 3. The summed E-state index contributed by atoms with van der Waals surface area (Å²) < 4.78 is 5.66. The molecule has 2 atom stereocenters. The fourth-order valence-electron chi connectivity index (χ4n) is 3.30. The molecule has 1 N–H and O–H groups in total. The molecule has 7 heteroatoms. The monoisotopic (exact) mass is 352 g/mol. The molecule has 1 saturated carbocycles. The molecule has 7 nitrogen and oxygen atoms in total. The Hall–Kier alpha value is -2.80. The summed E-state index contributed by atoms with van der Waals surface area (Å²) in [6.45, 7) is 0.242. The SMILES string of the molecule is O=C(NCc1ccccn1)[C@H]1OCC(=O)N(C2CC2)[C@@H]1c1cccnc1. The zero-order valence-electron chi connectivity index (χ0n) is 14.2. The van der Waals surface area contributed by atoms with Crippen LogP contribution in [0, 0.1) is 0 Å². The summed E-state index contributed by atoms with van der Waals surface area (Å²) in [6, 6.07) is 8.96. The summed E-state index contributed by atoms with van der Waals surface area (Å²) in [5.41, 5.74) is 1.58. The predicted octanol–water partition coefficient (Wildman–Crippen LogP) is 1.22. The van der Waals surface area contributed by atoms with E-state index >= 15 is 0 Å². The van der Waals surface area contributed by atoms with Crippen LogP contribution in [0.25, 0.3) is 0 Å². The van der Waals surface area contributed by atoms with Crippen molar-refractivity contribution in [3.63, 3.8) is 0 Å². The van der Waals surface area contributed by atoms with E-state index in [-0.39, 0.29) is 24.5 Å². The van der Waals surface area contributed by atoms with E-state index in [0.29, 0.717) is 6.54 Å². The highest BCUT2D eigenvalue weighted by atomic mass is 16.5. The molecule has 2 aromatic rings. The van der Waals surface area contributed by atoms with E-state index in [1.54, 1.807) is 18.6 Å². The molecule has 2 amide bonds. The number of carbonyl (C=O) groups excluding carboxylic acids is 2. The van der Waals surface area contributed by atoms with Gasteiger partial charge in [0, 0.05) is 24.6 Å². The zero-order chi connectivity index (χ0) is 17.9. The highest BCUT2D eigenvalue weighted by Crippen LogP contribution is 2.39. The molecule has 0 aromatic carbocycles. The average Bonchev–Trinajstić information content (AvgIpc) is 3.52. The van der Waals surface area contributed by atoms with Gasteiger partial charge in [-0.15, -0.1) is 0 Å². The summed E-state index contributed by atoms with van der Waals surface area (Å²) in [5.74, 6) is -0.321. The van der Waals surface area contributed by atoms with Crippen LogP contribution in [0.1, 0.15) is 30.1 Å². The standard InChI is InChI=1S/C19H20N4O3/c24-16-12-26-18(19(25)22-11-14-5-1-2-9-21-14)17(23(16)15-6-7-15)13-4-3-8-20-10-13/h1-5,8-10,15,17-18H,6-7,11-12H2,(H,22,25)/t17-,18+/m1/s1. The molecule has 3 heterocycles. The summed E-state index contributed by atoms with van der Waals surface area (Å²) in [5, 5.41) is 2.88. The minimum atomic E-state index is -0.763. The van der Waals surface area contributed by atoms with Gasteiger partial charge in [0.15, 0.2) is 6.10 Å². The van der Waals surface area contributed by atoms with Crippen molar-refractivity contribution in [3.05, 3.63) is 60.2 Å². The van der Waals surface area contributed by atoms with Crippen LogP contribution >= 0.6 is 0 Å². The van der Waals surface area contributed by atoms with E-state index in [0.717, 1.165) is 24.1 Å². The van der Waals surface area contributed by atoms with E-state index in [4.69, 9.17) is 4.74 Å². The normalized spacial score (nSPS) is 22.9. The smallest absolute Gasteiger partial charge is 0.252 e. The number of morpholine rings is 1. The van der Waals surface area contributed by atoms with Gasteiger partial charge in [-0.2, -0.15) is 0 Å². The maximum absolute atomic E-state index is 12.8. The molecule has 2 fully saturated rings. The molecule has 0 spiro atoms. The minimum absolute atomic E-state index is 0.0740. The van der Waals surface area contributed by atoms with Gasteiger partial charge in [0.1, 0.15) is 6.61 Å². The van der Waals surface area contributed by atoms with Gasteiger partial charge in [-0.3, -0.25) is 19.6 Å². The van der Waals surface area contributed by atoms with Crippen molar-refractivity contribution in [2.75, 3.05) is 6.61 Å². The lowest BCUT2D eigenvalue weighted by Crippen LogP contribution is -2.55. The van der Waals surface area contributed by atoms with Gasteiger partial charge < -0.3 is 15.0 Å². The largest absolute Gasteiger partial charge is 0.356 e. The number of aromatic nitrogens is 2. The van der Waals surface area contributed by atoms with Crippen molar-refractivity contribution in [2.45, 2.75) is 37.6 Å². The van der Waals surface area contributed by atoms with Crippen LogP contribution in [0.3, 0.4) is 0 Å².